The van der Waals surface area contributed by atoms with Gasteiger partial charge in [0.2, 0.25) is 5.91 Å². The zero-order chi connectivity index (χ0) is 22.4. The molecule has 1 N–H and O–H groups in total. The van der Waals surface area contributed by atoms with Crippen molar-refractivity contribution in [2.45, 2.75) is 11.4 Å². The molecule has 0 saturated heterocycles. The first-order valence-electron chi connectivity index (χ1n) is 9.11. The number of hydrogen-bond donors (Lipinski definition) is 1. The molecule has 0 aliphatic heterocycles. The van der Waals surface area contributed by atoms with Crippen LogP contribution in [0.4, 0.5) is 11.4 Å². The van der Waals surface area contributed by atoms with Crippen molar-refractivity contribution in [1.29, 1.82) is 0 Å². The zero-order valence-corrected chi connectivity index (χ0v) is 17.7. The number of benzene rings is 3. The molecule has 31 heavy (non-hydrogen) atoms. The van der Waals surface area contributed by atoms with Gasteiger partial charge in [-0.2, -0.15) is 0 Å². The summed E-state index contributed by atoms with van der Waals surface area (Å²) in [5.74, 6) is -0.592. The molecule has 0 aliphatic rings. The summed E-state index contributed by atoms with van der Waals surface area (Å²) in [6.07, 6.45) is 0. The van der Waals surface area contributed by atoms with Crippen LogP contribution in [0.15, 0.2) is 83.8 Å². The van der Waals surface area contributed by atoms with Gasteiger partial charge in [0, 0.05) is 23.7 Å². The van der Waals surface area contributed by atoms with Crippen LogP contribution >= 0.6 is 11.6 Å². The summed E-state index contributed by atoms with van der Waals surface area (Å²) in [4.78, 5) is 23.1. The van der Waals surface area contributed by atoms with Crippen molar-refractivity contribution in [3.05, 3.63) is 99.6 Å². The van der Waals surface area contributed by atoms with Crippen molar-refractivity contribution < 1.29 is 18.1 Å². The molecule has 160 valence electrons. The molecule has 3 aromatic carbocycles. The summed E-state index contributed by atoms with van der Waals surface area (Å²) in [5, 5.41) is 14.3. The Morgan fingerprint density at radius 2 is 1.68 bits per heavy atom. The standard InChI is InChI=1S/C21H18ClN3O5S/c22-20-12-5-4-7-16(20)14-23-21(26)15-24(17-8-6-9-18(13-17)25(27)28)31(29,30)19-10-2-1-3-11-19/h1-13H,14-15H2,(H,23,26). The van der Waals surface area contributed by atoms with Gasteiger partial charge >= 0.3 is 0 Å². The molecule has 8 nitrogen and oxygen atoms in total. The van der Waals surface area contributed by atoms with Crippen LogP contribution in [0.5, 0.6) is 0 Å². The van der Waals surface area contributed by atoms with Gasteiger partial charge in [0.15, 0.2) is 0 Å². The van der Waals surface area contributed by atoms with Crippen LogP contribution in [0.3, 0.4) is 0 Å². The lowest BCUT2D eigenvalue weighted by Crippen LogP contribution is -2.40. The van der Waals surface area contributed by atoms with Gasteiger partial charge in [-0.15, -0.1) is 0 Å². The number of halogens is 1. The van der Waals surface area contributed by atoms with E-state index in [0.29, 0.717) is 10.6 Å². The predicted octanol–water partition coefficient (Wildman–Crippen LogP) is 3.76. The summed E-state index contributed by atoms with van der Waals surface area (Å²) in [5.41, 5.74) is 0.388. The minimum Gasteiger partial charge on any atom is -0.350 e. The van der Waals surface area contributed by atoms with E-state index in [2.05, 4.69) is 5.32 Å². The number of nitrogens with one attached hydrogen (secondary N) is 1. The van der Waals surface area contributed by atoms with Crippen molar-refractivity contribution >= 4 is 38.9 Å². The van der Waals surface area contributed by atoms with Crippen LogP contribution in [0.1, 0.15) is 5.56 Å². The largest absolute Gasteiger partial charge is 0.350 e. The molecular formula is C21H18ClN3O5S. The topological polar surface area (TPSA) is 110 Å². The van der Waals surface area contributed by atoms with E-state index >= 15 is 0 Å². The predicted molar refractivity (Wildman–Crippen MR) is 117 cm³/mol. The molecule has 3 aromatic rings. The maximum Gasteiger partial charge on any atom is 0.271 e. The van der Waals surface area contributed by atoms with Crippen LogP contribution in [0.25, 0.3) is 0 Å². The molecule has 0 radical (unpaired) electrons. The highest BCUT2D eigenvalue weighted by molar-refractivity contribution is 7.92. The van der Waals surface area contributed by atoms with E-state index in [1.807, 2.05) is 0 Å². The highest BCUT2D eigenvalue weighted by atomic mass is 35.5. The third-order valence-electron chi connectivity index (χ3n) is 4.38. The number of non-ortho nitro benzene ring substituents is 1. The zero-order valence-electron chi connectivity index (χ0n) is 16.1. The van der Waals surface area contributed by atoms with Crippen molar-refractivity contribution in [2.75, 3.05) is 10.8 Å². The number of sulfonamides is 1. The van der Waals surface area contributed by atoms with E-state index in [0.717, 1.165) is 10.4 Å². The first-order valence-corrected chi connectivity index (χ1v) is 10.9. The Morgan fingerprint density at radius 1 is 1.00 bits per heavy atom. The van der Waals surface area contributed by atoms with E-state index in [9.17, 15) is 23.3 Å². The van der Waals surface area contributed by atoms with Gasteiger partial charge in [0.1, 0.15) is 6.54 Å². The number of carbonyl (C=O) groups excluding carboxylic acids is 1. The quantitative estimate of drug-likeness (QED) is 0.407. The molecule has 10 heteroatoms. The molecular weight excluding hydrogens is 442 g/mol. The van der Waals surface area contributed by atoms with E-state index in [4.69, 9.17) is 11.6 Å². The maximum atomic E-state index is 13.2. The lowest BCUT2D eigenvalue weighted by Gasteiger charge is -2.24. The van der Waals surface area contributed by atoms with Crippen molar-refractivity contribution in [3.8, 4) is 0 Å². The van der Waals surface area contributed by atoms with E-state index in [1.54, 1.807) is 42.5 Å². The fourth-order valence-electron chi connectivity index (χ4n) is 2.82. The number of nitrogens with zero attached hydrogens (tertiary/aromatic N) is 2. The number of nitro benzene ring substituents is 1. The third-order valence-corrected chi connectivity index (χ3v) is 6.54. The lowest BCUT2D eigenvalue weighted by atomic mass is 10.2. The first kappa shape index (κ1) is 22.3. The Hall–Kier alpha value is -3.43. The maximum absolute atomic E-state index is 13.2. The van der Waals surface area contributed by atoms with Crippen LogP contribution in [-0.2, 0) is 21.4 Å². The van der Waals surface area contributed by atoms with E-state index in [1.165, 1.54) is 30.3 Å². The second kappa shape index (κ2) is 9.59. The number of nitro groups is 1. The molecule has 0 fully saturated rings. The Kier molecular flexibility index (Phi) is 6.88. The number of hydrogen-bond acceptors (Lipinski definition) is 5. The van der Waals surface area contributed by atoms with Gasteiger partial charge in [-0.25, -0.2) is 8.42 Å². The average molecular weight is 460 g/mol. The fourth-order valence-corrected chi connectivity index (χ4v) is 4.45. The first-order chi connectivity index (χ1) is 14.8. The van der Waals surface area contributed by atoms with Crippen molar-refractivity contribution in [3.63, 3.8) is 0 Å². The third kappa shape index (κ3) is 5.39. The van der Waals surface area contributed by atoms with Gasteiger partial charge in [-0.1, -0.05) is 54.1 Å². The molecule has 0 saturated carbocycles. The summed E-state index contributed by atoms with van der Waals surface area (Å²) < 4.78 is 27.3. The van der Waals surface area contributed by atoms with E-state index in [-0.39, 0.29) is 22.8 Å². The molecule has 0 heterocycles. The van der Waals surface area contributed by atoms with Crippen molar-refractivity contribution in [1.82, 2.24) is 5.32 Å². The normalized spacial score (nSPS) is 11.0. The summed E-state index contributed by atoms with van der Waals surface area (Å²) >= 11 is 6.09. The number of rotatable bonds is 8. The Balaban J connectivity index is 1.91. The Bertz CT molecular complexity index is 1200. The number of anilines is 1. The monoisotopic (exact) mass is 459 g/mol. The molecule has 0 atom stereocenters. The summed E-state index contributed by atoms with van der Waals surface area (Å²) in [6.45, 7) is -0.463. The molecule has 0 aromatic heterocycles. The minimum absolute atomic E-state index is 0.00551. The van der Waals surface area contributed by atoms with Crippen LogP contribution in [0, 0.1) is 10.1 Å². The number of amides is 1. The van der Waals surface area contributed by atoms with Gasteiger partial charge in [-0.05, 0) is 29.8 Å². The van der Waals surface area contributed by atoms with E-state index < -0.39 is 27.4 Å². The van der Waals surface area contributed by atoms with Crippen molar-refractivity contribution in [2.24, 2.45) is 0 Å². The summed E-state index contributed by atoms with van der Waals surface area (Å²) in [7, 11) is -4.16. The minimum atomic E-state index is -4.16. The fraction of sp³-hybridized carbons (Fsp3) is 0.0952. The van der Waals surface area contributed by atoms with Gasteiger partial charge < -0.3 is 5.32 Å². The summed E-state index contributed by atoms with van der Waals surface area (Å²) in [6, 6.07) is 19.6. The van der Waals surface area contributed by atoms with Gasteiger partial charge in [0.25, 0.3) is 15.7 Å². The smallest absolute Gasteiger partial charge is 0.271 e. The number of carbonyl (C=O) groups is 1. The molecule has 0 spiro atoms. The SMILES string of the molecule is O=C(CN(c1cccc([N+](=O)[O-])c1)S(=O)(=O)c1ccccc1)NCc1ccccc1Cl. The molecule has 1 amide bonds. The Morgan fingerprint density at radius 3 is 2.35 bits per heavy atom. The molecule has 0 unspecified atom stereocenters. The van der Waals surface area contributed by atoms with Crippen LogP contribution in [-0.4, -0.2) is 25.8 Å². The van der Waals surface area contributed by atoms with Crippen LogP contribution in [0.2, 0.25) is 5.02 Å². The Labute approximate surface area is 184 Å². The van der Waals surface area contributed by atoms with Gasteiger partial charge in [0.05, 0.1) is 15.5 Å². The average Bonchev–Trinajstić information content (AvgIpc) is 2.77. The lowest BCUT2D eigenvalue weighted by molar-refractivity contribution is -0.384. The second-order valence-electron chi connectivity index (χ2n) is 6.47. The molecule has 3 rings (SSSR count). The van der Waals surface area contributed by atoms with Crippen LogP contribution < -0.4 is 9.62 Å². The highest BCUT2D eigenvalue weighted by Gasteiger charge is 2.28. The molecule has 0 bridgehead atoms. The molecule has 0 aliphatic carbocycles. The highest BCUT2D eigenvalue weighted by Crippen LogP contribution is 2.27. The van der Waals surface area contributed by atoms with Gasteiger partial charge in [-0.3, -0.25) is 19.2 Å². The second-order valence-corrected chi connectivity index (χ2v) is 8.74.